The Morgan fingerprint density at radius 3 is 2.77 bits per heavy atom. The number of carbonyl (C=O) groups excluding carboxylic acids is 1. The molecular weight excluding hydrogens is 285 g/mol. The van der Waals surface area contributed by atoms with Gasteiger partial charge in [-0.15, -0.1) is 0 Å². The highest BCUT2D eigenvalue weighted by Crippen LogP contribution is 2.11. The summed E-state index contributed by atoms with van der Waals surface area (Å²) < 4.78 is 18.2. The standard InChI is InChI=1S/C16H12FN3O2/c17-14-3-1-2-13(8-14)10-19-20-16(21)11-22-15-6-4-12(9-18)5-7-15/h1-8,10H,11H2,(H,20,21)/b19-10-. The van der Waals surface area contributed by atoms with Crippen molar-refractivity contribution in [1.29, 1.82) is 5.26 Å². The van der Waals surface area contributed by atoms with Gasteiger partial charge in [-0.3, -0.25) is 4.79 Å². The minimum Gasteiger partial charge on any atom is -0.484 e. The third-order valence-corrected chi connectivity index (χ3v) is 2.60. The van der Waals surface area contributed by atoms with Crippen LogP contribution in [0.4, 0.5) is 4.39 Å². The van der Waals surface area contributed by atoms with E-state index < -0.39 is 5.91 Å². The largest absolute Gasteiger partial charge is 0.484 e. The first-order valence-electron chi connectivity index (χ1n) is 6.38. The van der Waals surface area contributed by atoms with E-state index in [4.69, 9.17) is 10.00 Å². The van der Waals surface area contributed by atoms with Gasteiger partial charge in [0, 0.05) is 0 Å². The van der Waals surface area contributed by atoms with Gasteiger partial charge in [-0.1, -0.05) is 12.1 Å². The number of carbonyl (C=O) groups is 1. The summed E-state index contributed by atoms with van der Waals surface area (Å²) >= 11 is 0. The van der Waals surface area contributed by atoms with Crippen LogP contribution in [-0.4, -0.2) is 18.7 Å². The maximum Gasteiger partial charge on any atom is 0.277 e. The average Bonchev–Trinajstić information content (AvgIpc) is 2.53. The van der Waals surface area contributed by atoms with Crippen molar-refractivity contribution < 1.29 is 13.9 Å². The van der Waals surface area contributed by atoms with Crippen LogP contribution >= 0.6 is 0 Å². The minimum atomic E-state index is -0.447. The Hall–Kier alpha value is -3.20. The van der Waals surface area contributed by atoms with Gasteiger partial charge in [-0.05, 0) is 42.0 Å². The van der Waals surface area contributed by atoms with Crippen molar-refractivity contribution in [3.63, 3.8) is 0 Å². The second-order valence-corrected chi connectivity index (χ2v) is 4.27. The number of amides is 1. The summed E-state index contributed by atoms with van der Waals surface area (Å²) in [5.41, 5.74) is 3.32. The van der Waals surface area contributed by atoms with Crippen molar-refractivity contribution in [2.75, 3.05) is 6.61 Å². The lowest BCUT2D eigenvalue weighted by Gasteiger charge is -2.04. The molecule has 0 aliphatic rings. The molecule has 2 rings (SSSR count). The Morgan fingerprint density at radius 1 is 1.32 bits per heavy atom. The molecule has 0 unspecified atom stereocenters. The molecule has 2 aromatic rings. The van der Waals surface area contributed by atoms with E-state index in [9.17, 15) is 9.18 Å². The van der Waals surface area contributed by atoms with Gasteiger partial charge in [-0.25, -0.2) is 9.82 Å². The fourth-order valence-corrected chi connectivity index (χ4v) is 1.57. The van der Waals surface area contributed by atoms with E-state index in [1.54, 1.807) is 36.4 Å². The van der Waals surface area contributed by atoms with Gasteiger partial charge in [0.25, 0.3) is 5.91 Å². The summed E-state index contributed by atoms with van der Waals surface area (Å²) in [6.45, 7) is -0.216. The number of hydrazone groups is 1. The first kappa shape index (κ1) is 15.2. The molecular formula is C16H12FN3O2. The fourth-order valence-electron chi connectivity index (χ4n) is 1.57. The van der Waals surface area contributed by atoms with Crippen LogP contribution < -0.4 is 10.2 Å². The molecule has 2 aromatic carbocycles. The summed E-state index contributed by atoms with van der Waals surface area (Å²) in [6.07, 6.45) is 1.34. The number of benzene rings is 2. The second kappa shape index (κ2) is 7.55. The Labute approximate surface area is 126 Å². The molecule has 110 valence electrons. The van der Waals surface area contributed by atoms with Crippen molar-refractivity contribution in [2.45, 2.75) is 0 Å². The van der Waals surface area contributed by atoms with E-state index in [2.05, 4.69) is 10.5 Å². The van der Waals surface area contributed by atoms with E-state index in [0.29, 0.717) is 16.9 Å². The Morgan fingerprint density at radius 2 is 2.09 bits per heavy atom. The highest BCUT2D eigenvalue weighted by Gasteiger charge is 2.01. The molecule has 0 spiro atoms. The van der Waals surface area contributed by atoms with Crippen LogP contribution in [0.15, 0.2) is 53.6 Å². The number of nitrogens with one attached hydrogen (secondary N) is 1. The highest BCUT2D eigenvalue weighted by atomic mass is 19.1. The molecule has 0 saturated heterocycles. The summed E-state index contributed by atoms with van der Waals surface area (Å²) in [6, 6.07) is 14.2. The lowest BCUT2D eigenvalue weighted by atomic mass is 10.2. The van der Waals surface area contributed by atoms with Crippen LogP contribution in [0, 0.1) is 17.1 Å². The zero-order valence-corrected chi connectivity index (χ0v) is 11.5. The van der Waals surface area contributed by atoms with Gasteiger partial charge in [0.2, 0.25) is 0 Å². The minimum absolute atomic E-state index is 0.216. The Kier molecular flexibility index (Phi) is 5.21. The van der Waals surface area contributed by atoms with Crippen molar-refractivity contribution >= 4 is 12.1 Å². The van der Waals surface area contributed by atoms with Crippen molar-refractivity contribution in [1.82, 2.24) is 5.43 Å². The maximum absolute atomic E-state index is 12.9. The average molecular weight is 297 g/mol. The molecule has 0 aromatic heterocycles. The number of nitrogens with zero attached hydrogens (tertiary/aromatic N) is 2. The molecule has 1 amide bonds. The van der Waals surface area contributed by atoms with Crippen molar-refractivity contribution in [3.05, 3.63) is 65.5 Å². The maximum atomic E-state index is 12.9. The van der Waals surface area contributed by atoms with Crippen LogP contribution in [0.1, 0.15) is 11.1 Å². The predicted octanol–water partition coefficient (Wildman–Crippen LogP) is 2.23. The molecule has 6 heteroatoms. The summed E-state index contributed by atoms with van der Waals surface area (Å²) in [4.78, 5) is 11.5. The number of rotatable bonds is 5. The van der Waals surface area contributed by atoms with Gasteiger partial charge in [0.15, 0.2) is 6.61 Å². The SMILES string of the molecule is N#Cc1ccc(OCC(=O)N/N=C\c2cccc(F)c2)cc1. The van der Waals surface area contributed by atoms with Crippen molar-refractivity contribution in [3.8, 4) is 11.8 Å². The summed E-state index contributed by atoms with van der Waals surface area (Å²) in [5.74, 6) is -0.348. The molecule has 0 aliphatic heterocycles. The summed E-state index contributed by atoms with van der Waals surface area (Å²) in [5, 5.41) is 12.4. The molecule has 0 bridgehead atoms. The lowest BCUT2D eigenvalue weighted by molar-refractivity contribution is -0.123. The molecule has 22 heavy (non-hydrogen) atoms. The smallest absolute Gasteiger partial charge is 0.277 e. The van der Waals surface area contributed by atoms with Crippen LogP contribution in [-0.2, 0) is 4.79 Å². The number of hydrogen-bond donors (Lipinski definition) is 1. The normalized spacial score (nSPS) is 10.2. The monoisotopic (exact) mass is 297 g/mol. The highest BCUT2D eigenvalue weighted by molar-refractivity contribution is 5.82. The van der Waals surface area contributed by atoms with Gasteiger partial charge in [0.05, 0.1) is 17.8 Å². The van der Waals surface area contributed by atoms with Gasteiger partial charge in [0.1, 0.15) is 11.6 Å². The van der Waals surface area contributed by atoms with E-state index >= 15 is 0 Å². The van der Waals surface area contributed by atoms with Gasteiger partial charge >= 0.3 is 0 Å². The number of ether oxygens (including phenoxy) is 1. The van der Waals surface area contributed by atoms with Crippen molar-refractivity contribution in [2.24, 2.45) is 5.10 Å². The molecule has 0 heterocycles. The molecule has 1 N–H and O–H groups in total. The zero-order chi connectivity index (χ0) is 15.8. The number of hydrogen-bond acceptors (Lipinski definition) is 4. The molecule has 0 saturated carbocycles. The molecule has 0 fully saturated rings. The summed E-state index contributed by atoms with van der Waals surface area (Å²) in [7, 11) is 0. The van der Waals surface area contributed by atoms with Crippen LogP contribution in [0.3, 0.4) is 0 Å². The third-order valence-electron chi connectivity index (χ3n) is 2.60. The van der Waals surface area contributed by atoms with E-state index in [1.165, 1.54) is 18.3 Å². The first-order chi connectivity index (χ1) is 10.7. The lowest BCUT2D eigenvalue weighted by Crippen LogP contribution is -2.24. The third kappa shape index (κ3) is 4.72. The fraction of sp³-hybridized carbons (Fsp3) is 0.0625. The van der Waals surface area contributed by atoms with E-state index in [1.807, 2.05) is 6.07 Å². The van der Waals surface area contributed by atoms with Gasteiger partial charge in [-0.2, -0.15) is 10.4 Å². The molecule has 0 aliphatic carbocycles. The zero-order valence-electron chi connectivity index (χ0n) is 11.5. The van der Waals surface area contributed by atoms with Crippen LogP contribution in [0.2, 0.25) is 0 Å². The first-order valence-corrected chi connectivity index (χ1v) is 6.38. The number of nitriles is 1. The Bertz CT molecular complexity index is 721. The van der Waals surface area contributed by atoms with Crippen LogP contribution in [0.5, 0.6) is 5.75 Å². The van der Waals surface area contributed by atoms with E-state index in [-0.39, 0.29) is 12.4 Å². The topological polar surface area (TPSA) is 74.5 Å². The van der Waals surface area contributed by atoms with Gasteiger partial charge < -0.3 is 4.74 Å². The molecule has 0 atom stereocenters. The Balaban J connectivity index is 1.79. The van der Waals surface area contributed by atoms with E-state index in [0.717, 1.165) is 0 Å². The quantitative estimate of drug-likeness (QED) is 0.679. The van der Waals surface area contributed by atoms with Crippen LogP contribution in [0.25, 0.3) is 0 Å². The molecule has 0 radical (unpaired) electrons. The number of halogens is 1. The predicted molar refractivity (Wildman–Crippen MR) is 78.8 cm³/mol. The second-order valence-electron chi connectivity index (χ2n) is 4.27. The molecule has 5 nitrogen and oxygen atoms in total.